The fraction of sp³-hybridized carbons (Fsp3) is 0.511. The summed E-state index contributed by atoms with van der Waals surface area (Å²) in [5.74, 6) is 1.04. The van der Waals surface area contributed by atoms with Crippen LogP contribution in [-0.2, 0) is 22.6 Å². The number of ketones is 1. The van der Waals surface area contributed by atoms with E-state index in [2.05, 4.69) is 46.6 Å². The standard InChI is InChI=1S/C47H58N4O4S/c52-43(21-20-39-17-10-30-56-39)42-33-50(46(54)55-44-19-9-16-37-15-7-8-18-40(37)44)28-29-51(42)45(53)41(31-35-11-3-1-4-12-35)48-38-22-24-47(25-23-38)26-27-49(34-47)32-36-13-5-2-6-14-36/h2,5-10,13-19,30,35,38,41-42,48H,1,3-4,11-12,20-29,31-34H2/t38?,41-,42+,47?/m1/s1. The molecule has 0 radical (unpaired) electrons. The summed E-state index contributed by atoms with van der Waals surface area (Å²) in [4.78, 5) is 50.2. The van der Waals surface area contributed by atoms with Crippen molar-refractivity contribution in [1.82, 2.24) is 20.0 Å². The third-order valence-corrected chi connectivity index (χ3v) is 14.2. The first-order valence-electron chi connectivity index (χ1n) is 21.2. The van der Waals surface area contributed by atoms with Gasteiger partial charge >= 0.3 is 6.09 Å². The molecule has 4 aliphatic rings. The summed E-state index contributed by atoms with van der Waals surface area (Å²) in [5.41, 5.74) is 1.75. The highest BCUT2D eigenvalue weighted by molar-refractivity contribution is 7.09. The highest BCUT2D eigenvalue weighted by atomic mass is 32.1. The average Bonchev–Trinajstić information content (AvgIpc) is 3.91. The number of benzene rings is 3. The summed E-state index contributed by atoms with van der Waals surface area (Å²) >= 11 is 1.65. The third-order valence-electron chi connectivity index (χ3n) is 13.3. The number of likely N-dealkylation sites (tertiary alicyclic amines) is 1. The maximum Gasteiger partial charge on any atom is 0.415 e. The maximum absolute atomic E-state index is 14.9. The Hall–Kier alpha value is -4.05. The normalized spacial score (nSPS) is 24.1. The first-order chi connectivity index (χ1) is 27.4. The van der Waals surface area contributed by atoms with Gasteiger partial charge in [0.2, 0.25) is 5.91 Å². The minimum Gasteiger partial charge on any atom is -0.410 e. The largest absolute Gasteiger partial charge is 0.415 e. The molecule has 1 aromatic heterocycles. The van der Waals surface area contributed by atoms with E-state index < -0.39 is 12.1 Å². The van der Waals surface area contributed by atoms with Crippen LogP contribution in [-0.4, -0.2) is 83.3 Å². The monoisotopic (exact) mass is 774 g/mol. The molecule has 0 bridgehead atoms. The summed E-state index contributed by atoms with van der Waals surface area (Å²) in [6.45, 7) is 4.10. The second-order valence-electron chi connectivity index (χ2n) is 17.1. The van der Waals surface area contributed by atoms with Crippen LogP contribution < -0.4 is 10.1 Å². The number of piperazine rings is 1. The van der Waals surface area contributed by atoms with E-state index in [4.69, 9.17) is 4.74 Å². The second kappa shape index (κ2) is 18.0. The lowest BCUT2D eigenvalue weighted by Gasteiger charge is -2.43. The van der Waals surface area contributed by atoms with Gasteiger partial charge < -0.3 is 19.9 Å². The fourth-order valence-corrected chi connectivity index (χ4v) is 10.8. The number of aryl methyl sites for hydroxylation is 1. The number of rotatable bonds is 12. The Labute approximate surface area is 336 Å². The smallest absolute Gasteiger partial charge is 0.410 e. The Morgan fingerprint density at radius 3 is 2.41 bits per heavy atom. The number of ether oxygens (including phenoxy) is 1. The van der Waals surface area contributed by atoms with Crippen LogP contribution in [0.4, 0.5) is 4.79 Å². The number of Topliss-reactive ketones (excluding diaryl/α,β-unsaturated/α-hetero) is 1. The van der Waals surface area contributed by atoms with Crippen molar-refractivity contribution < 1.29 is 19.1 Å². The van der Waals surface area contributed by atoms with Crippen LogP contribution in [0, 0.1) is 11.3 Å². The molecule has 3 heterocycles. The molecule has 56 heavy (non-hydrogen) atoms. The number of carbonyl (C=O) groups is 3. The molecule has 2 saturated carbocycles. The first kappa shape index (κ1) is 38.8. The minimum absolute atomic E-state index is 0.00623. The molecule has 4 aromatic rings. The van der Waals surface area contributed by atoms with Gasteiger partial charge in [-0.25, -0.2) is 4.79 Å². The van der Waals surface area contributed by atoms with Crippen LogP contribution in [0.2, 0.25) is 0 Å². The number of amides is 2. The number of nitrogens with one attached hydrogen (secondary N) is 1. The molecule has 1 N–H and O–H groups in total. The lowest BCUT2D eigenvalue weighted by molar-refractivity contribution is -0.145. The summed E-state index contributed by atoms with van der Waals surface area (Å²) < 4.78 is 5.99. The van der Waals surface area contributed by atoms with Crippen LogP contribution in [0.3, 0.4) is 0 Å². The molecule has 4 fully saturated rings. The molecular weight excluding hydrogens is 717 g/mol. The van der Waals surface area contributed by atoms with Crippen molar-refractivity contribution in [2.45, 2.75) is 108 Å². The van der Waals surface area contributed by atoms with Gasteiger partial charge in [-0.15, -0.1) is 11.3 Å². The van der Waals surface area contributed by atoms with Crippen LogP contribution in [0.25, 0.3) is 10.8 Å². The number of nitrogens with zero attached hydrogens (tertiary/aromatic N) is 3. The predicted molar refractivity (Wildman–Crippen MR) is 224 cm³/mol. The summed E-state index contributed by atoms with van der Waals surface area (Å²) in [5, 5.41) is 7.82. The van der Waals surface area contributed by atoms with Gasteiger partial charge in [0.1, 0.15) is 11.8 Å². The third kappa shape index (κ3) is 9.38. The zero-order chi connectivity index (χ0) is 38.3. The van der Waals surface area contributed by atoms with Gasteiger partial charge in [-0.05, 0) is 91.3 Å². The SMILES string of the molecule is O=C(CCc1cccs1)[C@@H]1CN(C(=O)Oc2cccc3ccccc23)CCN1C(=O)[C@@H](CC1CCCCC1)NC1CCC2(CC1)CCN(Cc1ccccc1)C2. The number of hydrogen-bond donors (Lipinski definition) is 1. The molecule has 2 aliphatic carbocycles. The van der Waals surface area contributed by atoms with E-state index >= 15 is 0 Å². The maximum atomic E-state index is 14.9. The molecular formula is C47H58N4O4S. The fourth-order valence-electron chi connectivity index (χ4n) is 10.1. The van der Waals surface area contributed by atoms with E-state index in [0.29, 0.717) is 43.0 Å². The highest BCUT2D eigenvalue weighted by Crippen LogP contribution is 2.44. The minimum atomic E-state index is -0.712. The average molecular weight is 775 g/mol. The van der Waals surface area contributed by atoms with Gasteiger partial charge in [-0.1, -0.05) is 105 Å². The molecule has 8 nitrogen and oxygen atoms in total. The van der Waals surface area contributed by atoms with Crippen molar-refractivity contribution in [2.75, 3.05) is 32.7 Å². The van der Waals surface area contributed by atoms with Crippen molar-refractivity contribution in [2.24, 2.45) is 11.3 Å². The Morgan fingerprint density at radius 1 is 0.821 bits per heavy atom. The van der Waals surface area contributed by atoms with E-state index in [1.54, 1.807) is 16.2 Å². The Bertz CT molecular complexity index is 1920. The van der Waals surface area contributed by atoms with Gasteiger partial charge in [0.25, 0.3) is 0 Å². The van der Waals surface area contributed by atoms with E-state index in [9.17, 15) is 14.4 Å². The van der Waals surface area contributed by atoms with Crippen LogP contribution in [0.5, 0.6) is 5.75 Å². The molecule has 1 spiro atoms. The quantitative estimate of drug-likeness (QED) is 0.155. The molecule has 2 atom stereocenters. The summed E-state index contributed by atoms with van der Waals surface area (Å²) in [6.07, 6.45) is 13.1. The van der Waals surface area contributed by atoms with E-state index in [0.717, 1.165) is 67.4 Å². The number of hydrogen-bond acceptors (Lipinski definition) is 7. The van der Waals surface area contributed by atoms with Crippen molar-refractivity contribution in [3.8, 4) is 5.75 Å². The summed E-state index contributed by atoms with van der Waals surface area (Å²) in [7, 11) is 0. The number of carbonyl (C=O) groups excluding carboxylic acids is 3. The van der Waals surface area contributed by atoms with Crippen LogP contribution in [0.15, 0.2) is 90.3 Å². The van der Waals surface area contributed by atoms with Gasteiger partial charge in [0.15, 0.2) is 5.78 Å². The van der Waals surface area contributed by atoms with Gasteiger partial charge in [-0.3, -0.25) is 14.5 Å². The number of thiophene rings is 1. The lowest BCUT2D eigenvalue weighted by atomic mass is 9.71. The predicted octanol–water partition coefficient (Wildman–Crippen LogP) is 8.88. The zero-order valence-corrected chi connectivity index (χ0v) is 33.6. The Balaban J connectivity index is 0.958. The zero-order valence-electron chi connectivity index (χ0n) is 32.8. The molecule has 8 rings (SSSR count). The molecule has 0 unspecified atom stereocenters. The van der Waals surface area contributed by atoms with Crippen molar-refractivity contribution in [1.29, 1.82) is 0 Å². The van der Waals surface area contributed by atoms with E-state index in [1.807, 2.05) is 58.8 Å². The van der Waals surface area contributed by atoms with E-state index in [-0.39, 0.29) is 30.3 Å². The molecule has 296 valence electrons. The Kier molecular flexibility index (Phi) is 12.5. The molecule has 9 heteroatoms. The van der Waals surface area contributed by atoms with Crippen molar-refractivity contribution >= 4 is 39.9 Å². The van der Waals surface area contributed by atoms with Gasteiger partial charge in [0, 0.05) is 48.9 Å². The Morgan fingerprint density at radius 2 is 1.61 bits per heavy atom. The molecule has 2 saturated heterocycles. The molecule has 2 amide bonds. The van der Waals surface area contributed by atoms with Crippen LogP contribution in [0.1, 0.15) is 87.5 Å². The van der Waals surface area contributed by atoms with Crippen molar-refractivity contribution in [3.05, 3.63) is 101 Å². The van der Waals surface area contributed by atoms with Crippen molar-refractivity contribution in [3.63, 3.8) is 0 Å². The van der Waals surface area contributed by atoms with Gasteiger partial charge in [0.05, 0.1) is 12.6 Å². The van der Waals surface area contributed by atoms with E-state index in [1.165, 1.54) is 44.1 Å². The highest BCUT2D eigenvalue weighted by Gasteiger charge is 2.44. The first-order valence-corrected chi connectivity index (χ1v) is 22.1. The topological polar surface area (TPSA) is 82.2 Å². The van der Waals surface area contributed by atoms with Crippen LogP contribution >= 0.6 is 11.3 Å². The number of fused-ring (bicyclic) bond motifs is 1. The second-order valence-corrected chi connectivity index (χ2v) is 18.1. The van der Waals surface area contributed by atoms with Gasteiger partial charge in [-0.2, -0.15) is 0 Å². The molecule has 3 aromatic carbocycles. The summed E-state index contributed by atoms with van der Waals surface area (Å²) in [6, 6.07) is 27.7. The molecule has 2 aliphatic heterocycles. The lowest BCUT2D eigenvalue weighted by Crippen LogP contribution is -2.63.